The van der Waals surface area contributed by atoms with E-state index in [1.165, 1.54) is 5.56 Å². The van der Waals surface area contributed by atoms with E-state index >= 15 is 0 Å². The van der Waals surface area contributed by atoms with Gasteiger partial charge >= 0.3 is 0 Å². The summed E-state index contributed by atoms with van der Waals surface area (Å²) in [6.07, 6.45) is 1.76. The number of hydrogen-bond donors (Lipinski definition) is 3. The first-order chi connectivity index (χ1) is 10.7. The molecule has 0 aliphatic carbocycles. The molecular weight excluding hydrogens is 425 g/mol. The third-order valence-corrected chi connectivity index (χ3v) is 5.07. The van der Waals surface area contributed by atoms with Gasteiger partial charge in [0, 0.05) is 38.8 Å². The molecule has 0 aromatic carbocycles. The quantitative estimate of drug-likeness (QED) is 0.337. The molecule has 1 aliphatic rings. The molecule has 2 rings (SSSR count). The summed E-state index contributed by atoms with van der Waals surface area (Å²) in [6.45, 7) is 5.53. The lowest BCUT2D eigenvalue weighted by Gasteiger charge is -2.28. The number of aliphatic hydroxyl groups is 1. The molecule has 1 fully saturated rings. The topological polar surface area (TPSA) is 65.9 Å². The molecule has 23 heavy (non-hydrogen) atoms. The van der Waals surface area contributed by atoms with Crippen LogP contribution >= 0.6 is 35.3 Å². The van der Waals surface area contributed by atoms with Crippen LogP contribution in [-0.2, 0) is 4.74 Å². The number of aliphatic hydroxyl groups excluding tert-OH is 1. The highest BCUT2D eigenvalue weighted by atomic mass is 127. The zero-order valence-corrected chi connectivity index (χ0v) is 17.0. The highest BCUT2D eigenvalue weighted by molar-refractivity contribution is 14.0. The monoisotopic (exact) mass is 453 g/mol. The minimum absolute atomic E-state index is 0. The molecule has 3 N–H and O–H groups in total. The molecule has 132 valence electrons. The number of thiophene rings is 1. The van der Waals surface area contributed by atoms with Gasteiger partial charge in [0.05, 0.1) is 6.61 Å². The average molecular weight is 453 g/mol. The lowest BCUT2D eigenvalue weighted by molar-refractivity contribution is 0.127. The molecule has 0 amide bonds. The first-order valence-corrected chi connectivity index (χ1v) is 8.78. The Morgan fingerprint density at radius 1 is 1.52 bits per heavy atom. The molecule has 1 aromatic heterocycles. The first kappa shape index (κ1) is 20.7. The van der Waals surface area contributed by atoms with Crippen LogP contribution in [0.5, 0.6) is 0 Å². The molecule has 1 saturated heterocycles. The highest BCUT2D eigenvalue weighted by Crippen LogP contribution is 2.31. The van der Waals surface area contributed by atoms with Gasteiger partial charge in [0.25, 0.3) is 0 Å². The summed E-state index contributed by atoms with van der Waals surface area (Å²) in [4.78, 5) is 4.29. The number of halogens is 1. The van der Waals surface area contributed by atoms with Gasteiger partial charge < -0.3 is 20.5 Å². The van der Waals surface area contributed by atoms with Crippen LogP contribution in [0.15, 0.2) is 21.8 Å². The van der Waals surface area contributed by atoms with Crippen LogP contribution in [0.25, 0.3) is 0 Å². The van der Waals surface area contributed by atoms with E-state index in [1.807, 2.05) is 0 Å². The number of hydrogen-bond acceptors (Lipinski definition) is 4. The summed E-state index contributed by atoms with van der Waals surface area (Å²) in [6, 6.07) is 2.17. The maximum atomic E-state index is 9.27. The van der Waals surface area contributed by atoms with E-state index in [0.29, 0.717) is 12.5 Å². The molecule has 2 unspecified atom stereocenters. The first-order valence-electron chi connectivity index (χ1n) is 7.84. The van der Waals surface area contributed by atoms with E-state index in [-0.39, 0.29) is 36.0 Å². The summed E-state index contributed by atoms with van der Waals surface area (Å²) in [5, 5.41) is 20.3. The Balaban J connectivity index is 0.00000264. The van der Waals surface area contributed by atoms with Crippen molar-refractivity contribution >= 4 is 41.3 Å². The van der Waals surface area contributed by atoms with Crippen LogP contribution in [0.3, 0.4) is 0 Å². The van der Waals surface area contributed by atoms with E-state index < -0.39 is 0 Å². The van der Waals surface area contributed by atoms with E-state index in [2.05, 4.69) is 39.4 Å². The van der Waals surface area contributed by atoms with Crippen molar-refractivity contribution in [3.05, 3.63) is 22.4 Å². The molecule has 0 saturated carbocycles. The lowest BCUT2D eigenvalue weighted by atomic mass is 9.84. The summed E-state index contributed by atoms with van der Waals surface area (Å²) >= 11 is 1.73. The highest BCUT2D eigenvalue weighted by Gasteiger charge is 2.34. The summed E-state index contributed by atoms with van der Waals surface area (Å²) in [5.74, 6) is 1.26. The van der Waals surface area contributed by atoms with Crippen LogP contribution in [0.2, 0.25) is 0 Å². The molecule has 0 radical (unpaired) electrons. The largest absolute Gasteiger partial charge is 0.396 e. The van der Waals surface area contributed by atoms with Crippen LogP contribution < -0.4 is 10.6 Å². The molecule has 2 atom stereocenters. The van der Waals surface area contributed by atoms with Gasteiger partial charge in [0.1, 0.15) is 0 Å². The lowest BCUT2D eigenvalue weighted by Crippen LogP contribution is -2.45. The fourth-order valence-electron chi connectivity index (χ4n) is 2.73. The second-order valence-electron chi connectivity index (χ2n) is 6.04. The molecule has 7 heteroatoms. The van der Waals surface area contributed by atoms with Crippen LogP contribution in [0.4, 0.5) is 0 Å². The van der Waals surface area contributed by atoms with E-state index in [9.17, 15) is 5.11 Å². The van der Waals surface area contributed by atoms with Gasteiger partial charge in [-0.3, -0.25) is 4.99 Å². The Morgan fingerprint density at radius 2 is 2.35 bits per heavy atom. The Bertz CT molecular complexity index is 462. The standard InChI is InChI=1S/C16H27N3O2S.HI/c1-13(14-3-8-22-10-14)9-18-15(17-2)19-11-16(4-6-20)5-7-21-12-16;/h3,8,10,13,20H,4-7,9,11-12H2,1-2H3,(H2,17,18,19);1H. The summed E-state index contributed by atoms with van der Waals surface area (Å²) in [5.41, 5.74) is 1.39. The van der Waals surface area contributed by atoms with Crippen molar-refractivity contribution in [1.29, 1.82) is 0 Å². The summed E-state index contributed by atoms with van der Waals surface area (Å²) in [7, 11) is 1.79. The SMILES string of the molecule is CN=C(NCC(C)c1ccsc1)NCC1(CCO)CCOC1.I. The van der Waals surface area contributed by atoms with E-state index in [0.717, 1.165) is 38.5 Å². The van der Waals surface area contributed by atoms with E-state index in [4.69, 9.17) is 4.74 Å². The Morgan fingerprint density at radius 3 is 2.91 bits per heavy atom. The maximum absolute atomic E-state index is 9.27. The molecule has 1 aliphatic heterocycles. The average Bonchev–Trinajstić information content (AvgIpc) is 3.19. The summed E-state index contributed by atoms with van der Waals surface area (Å²) < 4.78 is 5.52. The van der Waals surface area contributed by atoms with Crippen molar-refractivity contribution in [3.63, 3.8) is 0 Å². The third-order valence-electron chi connectivity index (χ3n) is 4.37. The van der Waals surface area contributed by atoms with Crippen molar-refractivity contribution in [2.24, 2.45) is 10.4 Å². The van der Waals surface area contributed by atoms with Crippen molar-refractivity contribution in [3.8, 4) is 0 Å². The van der Waals surface area contributed by atoms with Crippen LogP contribution in [0, 0.1) is 5.41 Å². The van der Waals surface area contributed by atoms with Crippen molar-refractivity contribution in [2.45, 2.75) is 25.7 Å². The number of ether oxygens (including phenoxy) is 1. The molecule has 1 aromatic rings. The molecule has 5 nitrogen and oxygen atoms in total. The zero-order chi connectivity index (χ0) is 15.8. The van der Waals surface area contributed by atoms with Gasteiger partial charge in [0.2, 0.25) is 0 Å². The van der Waals surface area contributed by atoms with Crippen LogP contribution in [-0.4, -0.2) is 51.0 Å². The second kappa shape index (κ2) is 10.5. The predicted molar refractivity (Wildman–Crippen MR) is 107 cm³/mol. The van der Waals surface area contributed by atoms with Crippen molar-refractivity contribution in [1.82, 2.24) is 10.6 Å². The number of nitrogens with zero attached hydrogens (tertiary/aromatic N) is 1. The van der Waals surface area contributed by atoms with Gasteiger partial charge in [-0.15, -0.1) is 24.0 Å². The Kier molecular flexibility index (Phi) is 9.41. The Hall–Kier alpha value is -0.380. The smallest absolute Gasteiger partial charge is 0.191 e. The maximum Gasteiger partial charge on any atom is 0.191 e. The molecule has 2 heterocycles. The second-order valence-corrected chi connectivity index (χ2v) is 6.82. The van der Waals surface area contributed by atoms with Crippen LogP contribution in [0.1, 0.15) is 31.2 Å². The van der Waals surface area contributed by atoms with E-state index in [1.54, 1.807) is 18.4 Å². The van der Waals surface area contributed by atoms with Gasteiger partial charge in [-0.05, 0) is 41.1 Å². The van der Waals surface area contributed by atoms with Gasteiger partial charge in [-0.1, -0.05) is 6.92 Å². The van der Waals surface area contributed by atoms with Gasteiger partial charge in [-0.2, -0.15) is 11.3 Å². The fraction of sp³-hybridized carbons (Fsp3) is 0.688. The fourth-order valence-corrected chi connectivity index (χ4v) is 3.51. The number of guanidine groups is 1. The minimum atomic E-state index is 0. The normalized spacial score (nSPS) is 22.5. The third kappa shape index (κ3) is 6.21. The molecule has 0 bridgehead atoms. The minimum Gasteiger partial charge on any atom is -0.396 e. The number of nitrogens with one attached hydrogen (secondary N) is 2. The Labute approximate surface area is 159 Å². The zero-order valence-electron chi connectivity index (χ0n) is 13.9. The van der Waals surface area contributed by atoms with Crippen molar-refractivity contribution in [2.75, 3.05) is 40.0 Å². The molecule has 0 spiro atoms. The van der Waals surface area contributed by atoms with Gasteiger partial charge in [0.15, 0.2) is 5.96 Å². The van der Waals surface area contributed by atoms with Crippen molar-refractivity contribution < 1.29 is 9.84 Å². The number of aliphatic imine (C=N–C) groups is 1. The molecular formula is C16H28IN3O2S. The van der Waals surface area contributed by atoms with Gasteiger partial charge in [-0.25, -0.2) is 0 Å². The predicted octanol–water partition coefficient (Wildman–Crippen LogP) is 2.42. The number of rotatable bonds is 7.